The van der Waals surface area contributed by atoms with Gasteiger partial charge in [0.2, 0.25) is 5.95 Å². The van der Waals surface area contributed by atoms with Crippen LogP contribution in [0.15, 0.2) is 29.7 Å². The van der Waals surface area contributed by atoms with Crippen LogP contribution in [0, 0.1) is 0 Å². The second-order valence-electron chi connectivity index (χ2n) is 10.1. The third-order valence-corrected chi connectivity index (χ3v) is 9.25. The molecule has 0 aliphatic carbocycles. The van der Waals surface area contributed by atoms with Crippen LogP contribution in [0.5, 0.6) is 0 Å². The van der Waals surface area contributed by atoms with Crippen LogP contribution in [0.2, 0.25) is 0 Å². The fourth-order valence-electron chi connectivity index (χ4n) is 5.34. The van der Waals surface area contributed by atoms with Gasteiger partial charge in [-0.3, -0.25) is 37.0 Å². The summed E-state index contributed by atoms with van der Waals surface area (Å²) in [6.07, 6.45) is -6.87. The zero-order valence-electron chi connectivity index (χ0n) is 22.2. The average molecular weight is 659 g/mol. The fraction of sp³-hybridized carbons (Fsp3) is 0.476. The molecular weight excluding hydrogens is 635 g/mol. The molecule has 0 amide bonds. The summed E-state index contributed by atoms with van der Waals surface area (Å²) in [7, 11) is -9.95. The number of pyridine rings is 1. The molecule has 3 aliphatic rings. The van der Waals surface area contributed by atoms with Gasteiger partial charge in [-0.2, -0.15) is 4.98 Å². The van der Waals surface area contributed by atoms with Gasteiger partial charge < -0.3 is 30.7 Å². The zero-order chi connectivity index (χ0) is 31.0. The van der Waals surface area contributed by atoms with E-state index in [0.717, 1.165) is 0 Å². The van der Waals surface area contributed by atoms with Gasteiger partial charge in [0.25, 0.3) is 5.56 Å². The van der Waals surface area contributed by atoms with Gasteiger partial charge in [-0.25, -0.2) is 28.5 Å². The number of nitrogens with one attached hydrogen (secondary N) is 1. The first-order valence-electron chi connectivity index (χ1n) is 12.9. The first kappa shape index (κ1) is 29.4. The van der Waals surface area contributed by atoms with Crippen LogP contribution in [-0.2, 0) is 36.7 Å². The third-order valence-electron chi connectivity index (χ3n) is 7.25. The summed E-state index contributed by atoms with van der Waals surface area (Å²) in [5.74, 6) is -0.227. The Morgan fingerprint density at radius 1 is 0.932 bits per heavy atom. The summed E-state index contributed by atoms with van der Waals surface area (Å²) in [6.45, 7) is -1.40. The number of aromatic amines is 1. The van der Waals surface area contributed by atoms with Crippen LogP contribution in [0.1, 0.15) is 18.9 Å². The molecule has 7 N–H and O–H groups in total. The molecule has 23 heteroatoms. The lowest BCUT2D eigenvalue weighted by Gasteiger charge is -2.25. The highest BCUT2D eigenvalue weighted by molar-refractivity contribution is 7.47. The highest BCUT2D eigenvalue weighted by Gasteiger charge is 2.52. The van der Waals surface area contributed by atoms with Crippen LogP contribution in [-0.4, -0.2) is 87.6 Å². The second-order valence-corrected chi connectivity index (χ2v) is 12.9. The molecule has 236 valence electrons. The number of anilines is 2. The minimum atomic E-state index is -5.00. The monoisotopic (exact) mass is 659 g/mol. The number of imidazole rings is 2. The normalized spacial score (nSPS) is 36.6. The van der Waals surface area contributed by atoms with Gasteiger partial charge in [0.1, 0.15) is 23.8 Å². The van der Waals surface area contributed by atoms with E-state index in [1.54, 1.807) is 0 Å². The number of nitrogens with zero attached hydrogens (tertiary/aromatic N) is 6. The molecule has 20 nitrogen and oxygen atoms in total. The summed E-state index contributed by atoms with van der Waals surface area (Å²) in [4.78, 5) is 52.1. The summed E-state index contributed by atoms with van der Waals surface area (Å²) >= 11 is 0. The maximum atomic E-state index is 15.9. The first-order valence-corrected chi connectivity index (χ1v) is 15.9. The fourth-order valence-corrected chi connectivity index (χ4v) is 7.24. The molecule has 3 aliphatic heterocycles. The van der Waals surface area contributed by atoms with Gasteiger partial charge in [-0.15, -0.1) is 0 Å². The predicted octanol–water partition coefficient (Wildman–Crippen LogP) is 0.270. The number of hydrogen-bond donors (Lipinski definition) is 5. The van der Waals surface area contributed by atoms with E-state index in [9.17, 15) is 23.7 Å². The van der Waals surface area contributed by atoms with E-state index in [0.29, 0.717) is 0 Å². The summed E-state index contributed by atoms with van der Waals surface area (Å²) in [5.41, 5.74) is 11.5. The van der Waals surface area contributed by atoms with Crippen molar-refractivity contribution in [3.05, 3.63) is 35.3 Å². The Bertz CT molecular complexity index is 1900. The van der Waals surface area contributed by atoms with E-state index in [2.05, 4.69) is 24.9 Å². The van der Waals surface area contributed by atoms with Crippen molar-refractivity contribution in [2.24, 2.45) is 0 Å². The Kier molecular flexibility index (Phi) is 7.09. The number of H-pyrrole nitrogens is 1. The molecule has 3 saturated heterocycles. The summed E-state index contributed by atoms with van der Waals surface area (Å²) in [5, 5.41) is 0. The lowest BCUT2D eigenvalue weighted by Crippen LogP contribution is -2.34. The number of hydrogen-bond acceptors (Lipinski definition) is 15. The van der Waals surface area contributed by atoms with Crippen LogP contribution in [0.25, 0.3) is 22.3 Å². The van der Waals surface area contributed by atoms with Crippen molar-refractivity contribution in [3.63, 3.8) is 0 Å². The topological polar surface area (TPSA) is 276 Å². The van der Waals surface area contributed by atoms with Crippen LogP contribution in [0.4, 0.5) is 16.0 Å². The van der Waals surface area contributed by atoms with Gasteiger partial charge in [-0.05, 0) is 6.07 Å². The molecule has 2 bridgehead atoms. The van der Waals surface area contributed by atoms with Crippen molar-refractivity contribution in [2.75, 3.05) is 24.7 Å². The summed E-state index contributed by atoms with van der Waals surface area (Å²) in [6, 6.07) is 1.50. The largest absolute Gasteiger partial charge is 0.472 e. The van der Waals surface area contributed by atoms with Crippen molar-refractivity contribution >= 4 is 49.6 Å². The molecule has 4 aromatic rings. The van der Waals surface area contributed by atoms with Gasteiger partial charge in [0.05, 0.1) is 37.7 Å². The lowest BCUT2D eigenvalue weighted by molar-refractivity contribution is -0.0668. The number of halogens is 1. The SMILES string of the molecule is Nc1nc2c(ncn2[C@@H]2O[C@@H]3COP(=O)(O)O[C@@H]4C(F)[C@H](n5cnc6c(N)ccnc65)O[C@@H]4COP(=O)(O)OC2C3)c(=O)[nH]1. The highest BCUT2D eigenvalue weighted by Crippen LogP contribution is 2.54. The molecule has 4 unspecified atom stereocenters. The van der Waals surface area contributed by atoms with E-state index >= 15 is 4.39 Å². The second kappa shape index (κ2) is 10.6. The van der Waals surface area contributed by atoms with Gasteiger partial charge in [-0.1, -0.05) is 0 Å². The minimum absolute atomic E-state index is 0.0251. The van der Waals surface area contributed by atoms with Crippen LogP contribution >= 0.6 is 15.6 Å². The number of phosphoric ester groups is 2. The molecule has 0 spiro atoms. The predicted molar refractivity (Wildman–Crippen MR) is 143 cm³/mol. The lowest BCUT2D eigenvalue weighted by atomic mass is 10.1. The number of fused-ring (bicyclic) bond motifs is 5. The van der Waals surface area contributed by atoms with Gasteiger partial charge in [0.15, 0.2) is 35.4 Å². The van der Waals surface area contributed by atoms with E-state index in [1.807, 2.05) is 0 Å². The third kappa shape index (κ3) is 5.20. The van der Waals surface area contributed by atoms with Crippen molar-refractivity contribution in [3.8, 4) is 0 Å². The number of ether oxygens (including phenoxy) is 2. The van der Waals surface area contributed by atoms with Crippen LogP contribution < -0.4 is 17.0 Å². The van der Waals surface area contributed by atoms with Crippen molar-refractivity contribution in [1.82, 2.24) is 34.1 Å². The summed E-state index contributed by atoms with van der Waals surface area (Å²) < 4.78 is 77.0. The van der Waals surface area contributed by atoms with Crippen molar-refractivity contribution in [1.29, 1.82) is 0 Å². The maximum absolute atomic E-state index is 15.9. The first-order chi connectivity index (χ1) is 20.9. The Hall–Kier alpha value is -3.36. The molecule has 0 radical (unpaired) electrons. The highest BCUT2D eigenvalue weighted by atomic mass is 31.2. The van der Waals surface area contributed by atoms with E-state index < -0.39 is 77.5 Å². The van der Waals surface area contributed by atoms with Gasteiger partial charge in [0, 0.05) is 12.6 Å². The smallest absolute Gasteiger partial charge is 0.397 e. The molecule has 9 atom stereocenters. The number of rotatable bonds is 2. The number of nitrogens with two attached hydrogens (primary N) is 2. The Balaban J connectivity index is 1.19. The number of nitrogen functional groups attached to an aromatic ring is 2. The van der Waals surface area contributed by atoms with E-state index in [-0.39, 0.29) is 40.4 Å². The molecule has 3 fully saturated rings. The van der Waals surface area contributed by atoms with E-state index in [4.69, 9.17) is 39.0 Å². The zero-order valence-corrected chi connectivity index (χ0v) is 23.9. The Morgan fingerprint density at radius 2 is 1.64 bits per heavy atom. The van der Waals surface area contributed by atoms with Crippen molar-refractivity contribution < 1.29 is 50.9 Å². The molecule has 44 heavy (non-hydrogen) atoms. The standard InChI is InChI=1S/C21H24FN9O11P2/c22-12-15-11(40-20(12)30-6-26-13-9(23)1-2-25-16(13)30)5-38-43(33,34)41-10-3-8(4-37-44(35,36)42-15)39-19(10)31-7-27-14-17(31)28-21(24)29-18(14)32/h1-2,6-8,10-12,15,19-20H,3-5H2,(H2,23,25)(H,33,34)(H,35,36)(H3,24,28,29,32)/t8-,10?,11+,12?,15-,19+,20+/m0/s1. The molecule has 7 rings (SSSR count). The average Bonchev–Trinajstić information content (AvgIpc) is 3.72. The maximum Gasteiger partial charge on any atom is 0.472 e. The number of phosphoric acid groups is 2. The Morgan fingerprint density at radius 3 is 2.43 bits per heavy atom. The Labute approximate surface area is 244 Å². The van der Waals surface area contributed by atoms with E-state index in [1.165, 1.54) is 34.1 Å². The number of aromatic nitrogens is 7. The molecular formula is C21H24FN9O11P2. The minimum Gasteiger partial charge on any atom is -0.397 e. The molecule has 4 aromatic heterocycles. The van der Waals surface area contributed by atoms with Crippen LogP contribution in [0.3, 0.4) is 0 Å². The van der Waals surface area contributed by atoms with Gasteiger partial charge >= 0.3 is 15.6 Å². The molecule has 0 aromatic carbocycles. The number of alkyl halides is 1. The quantitative estimate of drug-likeness (QED) is 0.181. The molecule has 0 saturated carbocycles. The van der Waals surface area contributed by atoms with Crippen molar-refractivity contribution in [2.45, 2.75) is 49.5 Å². The molecule has 7 heterocycles.